The van der Waals surface area contributed by atoms with Gasteiger partial charge in [-0.3, -0.25) is 0 Å². The minimum atomic E-state index is -0.630. The summed E-state index contributed by atoms with van der Waals surface area (Å²) >= 11 is 6.05. The van der Waals surface area contributed by atoms with Gasteiger partial charge in [0.2, 0.25) is 5.88 Å². The third-order valence-corrected chi connectivity index (χ3v) is 3.21. The number of halogens is 2. The molecule has 0 saturated carbocycles. The fourth-order valence-corrected chi connectivity index (χ4v) is 1.77. The second kappa shape index (κ2) is 6.06. The lowest BCUT2D eigenvalue weighted by Crippen LogP contribution is -2.03. The Bertz CT molecular complexity index is 726. The van der Waals surface area contributed by atoms with Crippen LogP contribution in [0.2, 0.25) is 5.15 Å². The SMILES string of the molecule is Cc1c(Cl)nc(C(C)C)nc1Oc1ccc(C#N)cc1F. The molecule has 1 heterocycles. The Hall–Kier alpha value is -2.19. The maximum absolute atomic E-state index is 13.9. The van der Waals surface area contributed by atoms with Gasteiger partial charge in [0.25, 0.3) is 0 Å². The molecular formula is C15H13ClFN3O. The van der Waals surface area contributed by atoms with Gasteiger partial charge in [0, 0.05) is 11.5 Å². The second-order valence-electron chi connectivity index (χ2n) is 4.82. The van der Waals surface area contributed by atoms with Crippen molar-refractivity contribution in [3.8, 4) is 17.7 Å². The van der Waals surface area contributed by atoms with Crippen LogP contribution in [0.1, 0.15) is 36.7 Å². The number of hydrogen-bond donors (Lipinski definition) is 0. The molecule has 4 nitrogen and oxygen atoms in total. The van der Waals surface area contributed by atoms with Crippen molar-refractivity contribution in [1.29, 1.82) is 5.26 Å². The normalized spacial score (nSPS) is 10.5. The van der Waals surface area contributed by atoms with E-state index in [9.17, 15) is 4.39 Å². The van der Waals surface area contributed by atoms with Crippen molar-refractivity contribution in [2.75, 3.05) is 0 Å². The number of ether oxygens (including phenoxy) is 1. The third kappa shape index (κ3) is 3.29. The van der Waals surface area contributed by atoms with Crippen molar-refractivity contribution >= 4 is 11.6 Å². The first-order chi connectivity index (χ1) is 9.92. The molecule has 1 aromatic carbocycles. The van der Waals surface area contributed by atoms with Gasteiger partial charge in [-0.2, -0.15) is 10.2 Å². The molecule has 21 heavy (non-hydrogen) atoms. The molecule has 0 radical (unpaired) electrons. The predicted molar refractivity (Wildman–Crippen MR) is 77.1 cm³/mol. The monoisotopic (exact) mass is 305 g/mol. The van der Waals surface area contributed by atoms with E-state index in [2.05, 4.69) is 9.97 Å². The number of nitriles is 1. The maximum Gasteiger partial charge on any atom is 0.227 e. The van der Waals surface area contributed by atoms with Gasteiger partial charge in [0.1, 0.15) is 11.0 Å². The van der Waals surface area contributed by atoms with Crippen molar-refractivity contribution in [3.05, 3.63) is 46.1 Å². The lowest BCUT2D eigenvalue weighted by molar-refractivity contribution is 0.420. The standard InChI is InChI=1S/C15H13ClFN3O/c1-8(2)14-19-13(16)9(3)15(20-14)21-12-5-4-10(7-18)6-11(12)17/h4-6,8H,1-3H3. The lowest BCUT2D eigenvalue weighted by Gasteiger charge is -2.12. The zero-order valence-corrected chi connectivity index (χ0v) is 12.6. The van der Waals surface area contributed by atoms with Crippen LogP contribution in [0.15, 0.2) is 18.2 Å². The first-order valence-corrected chi connectivity index (χ1v) is 6.71. The fourth-order valence-electron chi connectivity index (χ4n) is 1.60. The summed E-state index contributed by atoms with van der Waals surface area (Å²) in [5.74, 6) is 0.157. The maximum atomic E-state index is 13.9. The summed E-state index contributed by atoms with van der Waals surface area (Å²) in [6.07, 6.45) is 0. The minimum absolute atomic E-state index is 0.0124. The molecule has 0 fully saturated rings. The highest BCUT2D eigenvalue weighted by Gasteiger charge is 2.15. The van der Waals surface area contributed by atoms with E-state index in [-0.39, 0.29) is 28.3 Å². The number of aromatic nitrogens is 2. The number of benzene rings is 1. The highest BCUT2D eigenvalue weighted by Crippen LogP contribution is 2.30. The molecule has 2 rings (SSSR count). The summed E-state index contributed by atoms with van der Waals surface area (Å²) in [4.78, 5) is 8.42. The molecule has 0 amide bonds. The highest BCUT2D eigenvalue weighted by atomic mass is 35.5. The molecule has 1 aromatic heterocycles. The van der Waals surface area contributed by atoms with Gasteiger partial charge < -0.3 is 4.74 Å². The molecular weight excluding hydrogens is 293 g/mol. The zero-order valence-electron chi connectivity index (χ0n) is 11.8. The van der Waals surface area contributed by atoms with Gasteiger partial charge >= 0.3 is 0 Å². The van der Waals surface area contributed by atoms with Crippen LogP contribution in [0.3, 0.4) is 0 Å². The molecule has 0 unspecified atom stereocenters. The van der Waals surface area contributed by atoms with E-state index in [1.807, 2.05) is 19.9 Å². The van der Waals surface area contributed by atoms with Gasteiger partial charge in [-0.15, -0.1) is 0 Å². The van der Waals surface area contributed by atoms with E-state index < -0.39 is 5.82 Å². The molecule has 0 atom stereocenters. The van der Waals surface area contributed by atoms with Crippen molar-refractivity contribution in [1.82, 2.24) is 9.97 Å². The first-order valence-electron chi connectivity index (χ1n) is 6.34. The fraction of sp³-hybridized carbons (Fsp3) is 0.267. The molecule has 0 N–H and O–H groups in total. The molecule has 0 spiro atoms. The van der Waals surface area contributed by atoms with Gasteiger partial charge in [-0.05, 0) is 25.1 Å². The molecule has 0 aliphatic carbocycles. The summed E-state index contributed by atoms with van der Waals surface area (Å²) in [6.45, 7) is 5.55. The van der Waals surface area contributed by atoms with Gasteiger partial charge in [-0.25, -0.2) is 9.37 Å². The molecule has 6 heteroatoms. The number of hydrogen-bond acceptors (Lipinski definition) is 4. The Morgan fingerprint density at radius 3 is 2.62 bits per heavy atom. The van der Waals surface area contributed by atoms with Crippen molar-refractivity contribution in [3.63, 3.8) is 0 Å². The molecule has 2 aromatic rings. The molecule has 0 saturated heterocycles. The predicted octanol–water partition coefficient (Wildman–Crippen LogP) is 4.36. The minimum Gasteiger partial charge on any atom is -0.435 e. The first kappa shape index (κ1) is 15.2. The van der Waals surface area contributed by atoms with Crippen LogP contribution < -0.4 is 4.74 Å². The van der Waals surface area contributed by atoms with E-state index >= 15 is 0 Å². The molecule has 0 aliphatic rings. The highest BCUT2D eigenvalue weighted by molar-refractivity contribution is 6.30. The number of nitrogens with zero attached hydrogens (tertiary/aromatic N) is 3. The summed E-state index contributed by atoms with van der Waals surface area (Å²) < 4.78 is 19.4. The molecule has 0 aliphatic heterocycles. The van der Waals surface area contributed by atoms with E-state index in [0.29, 0.717) is 11.4 Å². The van der Waals surface area contributed by atoms with Crippen LogP contribution in [0.5, 0.6) is 11.6 Å². The summed E-state index contributed by atoms with van der Waals surface area (Å²) in [5.41, 5.74) is 0.755. The Morgan fingerprint density at radius 1 is 1.33 bits per heavy atom. The van der Waals surface area contributed by atoms with Crippen LogP contribution in [-0.4, -0.2) is 9.97 Å². The van der Waals surface area contributed by atoms with Crippen LogP contribution >= 0.6 is 11.6 Å². The summed E-state index contributed by atoms with van der Waals surface area (Å²) in [5, 5.41) is 9.00. The Labute approximate surface area is 127 Å². The largest absolute Gasteiger partial charge is 0.435 e. The average Bonchev–Trinajstić information content (AvgIpc) is 2.45. The zero-order chi connectivity index (χ0) is 15.6. The Morgan fingerprint density at radius 2 is 2.05 bits per heavy atom. The van der Waals surface area contributed by atoms with Crippen molar-refractivity contribution in [2.45, 2.75) is 26.7 Å². The van der Waals surface area contributed by atoms with Crippen LogP contribution in [0.4, 0.5) is 4.39 Å². The average molecular weight is 306 g/mol. The summed E-state index contributed by atoms with van der Waals surface area (Å²) in [6, 6.07) is 5.83. The van der Waals surface area contributed by atoms with Gasteiger partial charge in [0.05, 0.1) is 11.6 Å². The third-order valence-electron chi connectivity index (χ3n) is 2.84. The van der Waals surface area contributed by atoms with E-state index in [0.717, 1.165) is 6.07 Å². The second-order valence-corrected chi connectivity index (χ2v) is 5.17. The van der Waals surface area contributed by atoms with E-state index in [4.69, 9.17) is 21.6 Å². The Kier molecular flexibility index (Phi) is 4.39. The smallest absolute Gasteiger partial charge is 0.227 e. The number of rotatable bonds is 3. The topological polar surface area (TPSA) is 58.8 Å². The van der Waals surface area contributed by atoms with Gasteiger partial charge in [-0.1, -0.05) is 25.4 Å². The Balaban J connectivity index is 2.42. The molecule has 0 bridgehead atoms. The lowest BCUT2D eigenvalue weighted by atomic mass is 10.2. The van der Waals surface area contributed by atoms with Crippen LogP contribution in [0, 0.1) is 24.1 Å². The summed E-state index contributed by atoms with van der Waals surface area (Å²) in [7, 11) is 0. The quantitative estimate of drug-likeness (QED) is 0.790. The molecule has 108 valence electrons. The van der Waals surface area contributed by atoms with Crippen molar-refractivity contribution in [2.24, 2.45) is 0 Å². The van der Waals surface area contributed by atoms with E-state index in [1.54, 1.807) is 6.92 Å². The van der Waals surface area contributed by atoms with Gasteiger partial charge in [0.15, 0.2) is 11.6 Å². The van der Waals surface area contributed by atoms with Crippen molar-refractivity contribution < 1.29 is 9.13 Å². The van der Waals surface area contributed by atoms with Crippen LogP contribution in [-0.2, 0) is 0 Å². The van der Waals surface area contributed by atoms with E-state index in [1.165, 1.54) is 12.1 Å². The van der Waals surface area contributed by atoms with Crippen LogP contribution in [0.25, 0.3) is 0 Å².